The molecular weight excluding hydrogens is 459 g/mol. The Hall–Kier alpha value is -4.04. The molecule has 3 atom stereocenters. The number of hydrogen-bond donors (Lipinski definition) is 3. The first-order valence-corrected chi connectivity index (χ1v) is 12.1. The van der Waals surface area contributed by atoms with Crippen LogP contribution in [0.15, 0.2) is 72.8 Å². The largest absolute Gasteiger partial charge is 0.348 e. The van der Waals surface area contributed by atoms with Gasteiger partial charge in [-0.2, -0.15) is 0 Å². The number of halogens is 1. The molecule has 1 saturated carbocycles. The molecule has 4 N–H and O–H groups in total. The fourth-order valence-corrected chi connectivity index (χ4v) is 4.93. The molecule has 7 nitrogen and oxygen atoms in total. The Morgan fingerprint density at radius 1 is 0.944 bits per heavy atom. The first kappa shape index (κ1) is 23.7. The fraction of sp³-hybridized carbons (Fsp3) is 0.250. The van der Waals surface area contributed by atoms with Crippen LogP contribution in [0, 0.1) is 5.82 Å². The van der Waals surface area contributed by atoms with Crippen LogP contribution in [0.25, 0.3) is 0 Å². The van der Waals surface area contributed by atoms with Crippen molar-refractivity contribution in [2.75, 3.05) is 10.2 Å². The van der Waals surface area contributed by atoms with Crippen LogP contribution in [0.3, 0.4) is 0 Å². The van der Waals surface area contributed by atoms with Crippen molar-refractivity contribution in [2.24, 2.45) is 5.73 Å². The number of nitrogens with two attached hydrogens (primary N) is 1. The van der Waals surface area contributed by atoms with E-state index in [1.165, 1.54) is 29.2 Å². The van der Waals surface area contributed by atoms with Gasteiger partial charge in [0.1, 0.15) is 11.9 Å². The topological polar surface area (TPSA) is 105 Å². The monoisotopic (exact) mass is 486 g/mol. The number of carbonyl (C=O) groups excluding carboxylic acids is 3. The lowest BCUT2D eigenvalue weighted by molar-refractivity contribution is -0.117. The van der Waals surface area contributed by atoms with Gasteiger partial charge in [0.15, 0.2) is 0 Å². The summed E-state index contributed by atoms with van der Waals surface area (Å²) >= 11 is 0. The zero-order valence-corrected chi connectivity index (χ0v) is 19.6. The molecule has 3 aromatic rings. The highest BCUT2D eigenvalue weighted by Gasteiger charge is 2.39. The van der Waals surface area contributed by atoms with Gasteiger partial charge in [0, 0.05) is 23.2 Å². The van der Waals surface area contributed by atoms with Gasteiger partial charge in [-0.3, -0.25) is 19.3 Å². The maximum Gasteiger partial charge on any atom is 0.259 e. The Morgan fingerprint density at radius 3 is 2.36 bits per heavy atom. The van der Waals surface area contributed by atoms with E-state index in [4.69, 9.17) is 5.73 Å². The number of anilines is 2. The van der Waals surface area contributed by atoms with Gasteiger partial charge >= 0.3 is 0 Å². The molecule has 2 aliphatic rings. The first-order valence-electron chi connectivity index (χ1n) is 12.1. The molecule has 0 saturated heterocycles. The average Bonchev–Trinajstić information content (AvgIpc) is 2.89. The van der Waals surface area contributed by atoms with E-state index in [1.54, 1.807) is 42.5 Å². The summed E-state index contributed by atoms with van der Waals surface area (Å²) in [5.74, 6) is -1.60. The average molecular weight is 487 g/mol. The number of nitrogens with zero attached hydrogens (tertiary/aromatic N) is 1. The van der Waals surface area contributed by atoms with Gasteiger partial charge in [-0.15, -0.1) is 0 Å². The van der Waals surface area contributed by atoms with Crippen molar-refractivity contribution in [1.82, 2.24) is 5.32 Å². The number of carbonyl (C=O) groups is 3. The third-order valence-electron chi connectivity index (χ3n) is 6.84. The molecule has 5 rings (SSSR count). The van der Waals surface area contributed by atoms with E-state index in [9.17, 15) is 18.8 Å². The lowest BCUT2D eigenvalue weighted by atomic mass is 9.91. The number of fused-ring (bicyclic) bond motifs is 1. The normalized spacial score (nSPS) is 21.3. The second-order valence-electron chi connectivity index (χ2n) is 9.24. The van der Waals surface area contributed by atoms with Gasteiger partial charge in [0.25, 0.3) is 17.7 Å². The molecule has 1 heterocycles. The lowest BCUT2D eigenvalue weighted by Gasteiger charge is -2.37. The first-order chi connectivity index (χ1) is 17.4. The number of nitrogens with one attached hydrogen (secondary N) is 2. The van der Waals surface area contributed by atoms with Gasteiger partial charge in [-0.25, -0.2) is 4.39 Å². The van der Waals surface area contributed by atoms with Crippen molar-refractivity contribution in [3.05, 3.63) is 95.3 Å². The van der Waals surface area contributed by atoms with Crippen LogP contribution in [-0.4, -0.2) is 29.8 Å². The lowest BCUT2D eigenvalue weighted by Crippen LogP contribution is -2.49. The highest BCUT2D eigenvalue weighted by Crippen LogP contribution is 2.40. The van der Waals surface area contributed by atoms with Crippen LogP contribution in [0.2, 0.25) is 0 Å². The third kappa shape index (κ3) is 4.59. The maximum atomic E-state index is 13.7. The minimum absolute atomic E-state index is 0.0875. The van der Waals surface area contributed by atoms with Crippen molar-refractivity contribution in [3.8, 4) is 0 Å². The quantitative estimate of drug-likeness (QED) is 0.515. The van der Waals surface area contributed by atoms with Gasteiger partial charge in [-0.05, 0) is 60.9 Å². The smallest absolute Gasteiger partial charge is 0.259 e. The third-order valence-corrected chi connectivity index (χ3v) is 6.84. The molecule has 8 heteroatoms. The molecule has 1 fully saturated rings. The van der Waals surface area contributed by atoms with Gasteiger partial charge in [0.2, 0.25) is 0 Å². The summed E-state index contributed by atoms with van der Waals surface area (Å²) in [6.07, 6.45) is 3.76. The Kier molecular flexibility index (Phi) is 6.52. The Balaban J connectivity index is 1.51. The summed E-state index contributed by atoms with van der Waals surface area (Å²) in [4.78, 5) is 41.4. The second-order valence-corrected chi connectivity index (χ2v) is 9.24. The fourth-order valence-electron chi connectivity index (χ4n) is 4.93. The van der Waals surface area contributed by atoms with E-state index in [2.05, 4.69) is 10.6 Å². The summed E-state index contributed by atoms with van der Waals surface area (Å²) in [5, 5.41) is 5.87. The molecule has 0 aromatic heterocycles. The zero-order chi connectivity index (χ0) is 25.2. The number of amides is 3. The van der Waals surface area contributed by atoms with Crippen molar-refractivity contribution in [1.29, 1.82) is 0 Å². The molecule has 3 amide bonds. The Morgan fingerprint density at radius 2 is 1.64 bits per heavy atom. The van der Waals surface area contributed by atoms with Crippen LogP contribution in [0.4, 0.5) is 15.8 Å². The SMILES string of the molecule is NC1CCCCC1NC(=O)c1ccc2c(c1)NC(=O)C(c1ccccc1)N2C(=O)c1ccc(F)cc1. The minimum Gasteiger partial charge on any atom is -0.348 e. The minimum atomic E-state index is -0.934. The molecule has 1 aliphatic carbocycles. The highest BCUT2D eigenvalue weighted by atomic mass is 19.1. The van der Waals surface area contributed by atoms with Gasteiger partial charge in [-0.1, -0.05) is 43.2 Å². The van der Waals surface area contributed by atoms with E-state index in [0.29, 0.717) is 22.5 Å². The molecule has 3 aromatic carbocycles. The molecule has 0 bridgehead atoms. The van der Waals surface area contributed by atoms with Crippen LogP contribution in [-0.2, 0) is 4.79 Å². The number of benzene rings is 3. The summed E-state index contributed by atoms with van der Waals surface area (Å²) < 4.78 is 13.5. The van der Waals surface area contributed by atoms with Crippen molar-refractivity contribution in [2.45, 2.75) is 43.8 Å². The van der Waals surface area contributed by atoms with Crippen LogP contribution < -0.4 is 21.3 Å². The van der Waals surface area contributed by atoms with Crippen molar-refractivity contribution in [3.63, 3.8) is 0 Å². The zero-order valence-electron chi connectivity index (χ0n) is 19.6. The van der Waals surface area contributed by atoms with Crippen LogP contribution >= 0.6 is 0 Å². The van der Waals surface area contributed by atoms with E-state index in [-0.39, 0.29) is 23.6 Å². The summed E-state index contributed by atoms with van der Waals surface area (Å²) in [7, 11) is 0. The van der Waals surface area contributed by atoms with E-state index in [0.717, 1.165) is 25.7 Å². The molecule has 36 heavy (non-hydrogen) atoms. The highest BCUT2D eigenvalue weighted by molar-refractivity contribution is 6.17. The van der Waals surface area contributed by atoms with Crippen molar-refractivity contribution >= 4 is 29.1 Å². The van der Waals surface area contributed by atoms with E-state index < -0.39 is 23.7 Å². The van der Waals surface area contributed by atoms with Gasteiger partial charge in [0.05, 0.1) is 11.4 Å². The maximum absolute atomic E-state index is 13.7. The number of hydrogen-bond acceptors (Lipinski definition) is 4. The Labute approximate surface area is 208 Å². The van der Waals surface area contributed by atoms with Gasteiger partial charge < -0.3 is 16.4 Å². The van der Waals surface area contributed by atoms with Crippen molar-refractivity contribution < 1.29 is 18.8 Å². The second kappa shape index (κ2) is 9.91. The van der Waals surface area contributed by atoms with E-state index in [1.807, 2.05) is 6.07 Å². The predicted molar refractivity (Wildman–Crippen MR) is 135 cm³/mol. The molecular formula is C28H27FN4O3. The van der Waals surface area contributed by atoms with Crippen LogP contribution in [0.1, 0.15) is 58.0 Å². The summed E-state index contributed by atoms with van der Waals surface area (Å²) in [5.41, 5.74) is 8.21. The summed E-state index contributed by atoms with van der Waals surface area (Å²) in [6, 6.07) is 17.9. The molecule has 184 valence electrons. The van der Waals surface area contributed by atoms with Crippen LogP contribution in [0.5, 0.6) is 0 Å². The van der Waals surface area contributed by atoms with E-state index >= 15 is 0 Å². The molecule has 0 radical (unpaired) electrons. The predicted octanol–water partition coefficient (Wildman–Crippen LogP) is 4.17. The standard InChI is InChI=1S/C28H27FN4O3/c29-20-13-10-18(11-14-20)28(36)33-24-15-12-19(26(34)31-22-9-5-4-8-21(22)30)16-23(24)32-27(35)25(33)17-6-2-1-3-7-17/h1-3,6-7,10-16,21-22,25H,4-5,8-9,30H2,(H,31,34)(H,32,35). The molecule has 1 aliphatic heterocycles. The molecule has 0 spiro atoms. The number of rotatable bonds is 4. The Bertz CT molecular complexity index is 1300. The summed E-state index contributed by atoms with van der Waals surface area (Å²) in [6.45, 7) is 0. The molecule has 3 unspecified atom stereocenters.